The van der Waals surface area contributed by atoms with Crippen molar-refractivity contribution in [2.45, 2.75) is 107 Å². The zero-order valence-corrected chi connectivity index (χ0v) is 32.7. The lowest BCUT2D eigenvalue weighted by Crippen LogP contribution is -2.62. The zero-order chi connectivity index (χ0) is 44.8. The van der Waals surface area contributed by atoms with Gasteiger partial charge in [0.2, 0.25) is 47.3 Å². The van der Waals surface area contributed by atoms with Crippen molar-refractivity contribution >= 4 is 59.2 Å². The van der Waals surface area contributed by atoms with Crippen LogP contribution in [0.25, 0.3) is 0 Å². The molecule has 0 fully saturated rings. The van der Waals surface area contributed by atoms with Crippen molar-refractivity contribution in [2.75, 3.05) is 13.2 Å². The van der Waals surface area contributed by atoms with Crippen molar-refractivity contribution in [3.63, 3.8) is 0 Å². The number of amides is 8. The molecular weight excluding hydrogens is 780 g/mol. The number of carbonyl (C=O) groups excluding carboxylic acids is 8. The van der Waals surface area contributed by atoms with Crippen LogP contribution in [0.4, 0.5) is 0 Å². The Hall–Kier alpha value is -6.40. The molecular formula is C35H56N12O12. The summed E-state index contributed by atoms with van der Waals surface area (Å²) in [6, 6.07) is -2.10. The maximum atomic E-state index is 13.5. The lowest BCUT2D eigenvalue weighted by molar-refractivity contribution is -0.142. The highest BCUT2D eigenvalue weighted by molar-refractivity contribution is 5.97. The minimum absolute atomic E-state index is 0.0198. The molecule has 0 aromatic heterocycles. The van der Waals surface area contributed by atoms with E-state index in [9.17, 15) is 58.5 Å². The number of carboxylic acid groups (broad SMARTS) is 1. The Kier molecular flexibility index (Phi) is 22.1. The van der Waals surface area contributed by atoms with Crippen LogP contribution in [0.5, 0.6) is 0 Å². The molecule has 8 amide bonds. The predicted molar refractivity (Wildman–Crippen MR) is 209 cm³/mol. The van der Waals surface area contributed by atoms with Crippen LogP contribution in [-0.2, 0) is 49.6 Å². The van der Waals surface area contributed by atoms with Crippen LogP contribution in [0.3, 0.4) is 0 Å². The van der Waals surface area contributed by atoms with Gasteiger partial charge in [-0.1, -0.05) is 30.3 Å². The van der Waals surface area contributed by atoms with E-state index in [1.54, 1.807) is 30.3 Å². The van der Waals surface area contributed by atoms with Crippen molar-refractivity contribution in [1.82, 2.24) is 31.9 Å². The monoisotopic (exact) mass is 836 g/mol. The number of aliphatic hydroxyl groups excluding tert-OH is 2. The fourth-order valence-corrected chi connectivity index (χ4v) is 5.15. The number of nitrogens with zero attached hydrogens (tertiary/aromatic N) is 1. The zero-order valence-electron chi connectivity index (χ0n) is 32.7. The second-order valence-corrected chi connectivity index (χ2v) is 13.5. The van der Waals surface area contributed by atoms with E-state index in [0.717, 1.165) is 6.92 Å². The number of aliphatic carboxylic acids is 1. The summed E-state index contributed by atoms with van der Waals surface area (Å²) in [7, 11) is 0. The van der Waals surface area contributed by atoms with E-state index in [1.807, 2.05) is 0 Å². The minimum Gasteiger partial charge on any atom is -0.480 e. The molecule has 59 heavy (non-hydrogen) atoms. The molecule has 0 spiro atoms. The van der Waals surface area contributed by atoms with Crippen molar-refractivity contribution in [3.8, 4) is 0 Å². The molecule has 19 N–H and O–H groups in total. The van der Waals surface area contributed by atoms with E-state index in [0.29, 0.717) is 5.56 Å². The van der Waals surface area contributed by atoms with Gasteiger partial charge in [0.25, 0.3) is 0 Å². The van der Waals surface area contributed by atoms with Gasteiger partial charge in [0.15, 0.2) is 5.96 Å². The Balaban J connectivity index is 3.14. The van der Waals surface area contributed by atoms with Crippen molar-refractivity contribution in [2.24, 2.45) is 33.7 Å². The van der Waals surface area contributed by atoms with Gasteiger partial charge >= 0.3 is 5.97 Å². The molecule has 0 aliphatic rings. The van der Waals surface area contributed by atoms with Gasteiger partial charge in [-0.15, -0.1) is 0 Å². The lowest BCUT2D eigenvalue weighted by atomic mass is 10.1. The fraction of sp³-hybridized carbons (Fsp3) is 0.543. The Bertz CT molecular complexity index is 1660. The summed E-state index contributed by atoms with van der Waals surface area (Å²) in [6.07, 6.45) is -2.92. The molecule has 24 nitrogen and oxygen atoms in total. The molecule has 1 rings (SSSR count). The third kappa shape index (κ3) is 19.5. The number of aliphatic imine (C=N–C) groups is 1. The van der Waals surface area contributed by atoms with E-state index in [2.05, 4.69) is 36.9 Å². The SMILES string of the molecule is C[C@H](NC(=O)[C@@H](NC(=O)[C@H](CO)NC(=O)[C@H](CCCN=C(N)N)NC(=O)[C@H](CCC(N)=O)NC(=O)[C@@H](N)CCC(N)=O)[C@@H](C)O)C(=O)N[C@@H](Cc1ccccc1)C(=O)O. The second kappa shape index (κ2) is 25.8. The average Bonchev–Trinajstić information content (AvgIpc) is 3.16. The number of carbonyl (C=O) groups is 9. The van der Waals surface area contributed by atoms with Gasteiger partial charge in [0, 0.05) is 25.8 Å². The second-order valence-electron chi connectivity index (χ2n) is 13.5. The number of rotatable bonds is 27. The molecule has 8 atom stereocenters. The predicted octanol–water partition coefficient (Wildman–Crippen LogP) is -6.47. The first kappa shape index (κ1) is 50.6. The van der Waals surface area contributed by atoms with Crippen molar-refractivity contribution < 1.29 is 58.5 Å². The number of primary amides is 2. The van der Waals surface area contributed by atoms with Gasteiger partial charge < -0.3 is 75.9 Å². The van der Waals surface area contributed by atoms with E-state index in [1.165, 1.54) is 6.92 Å². The maximum absolute atomic E-state index is 13.5. The normalized spacial score (nSPS) is 14.9. The topological polar surface area (TPSA) is 429 Å². The first-order chi connectivity index (χ1) is 27.7. The Morgan fingerprint density at radius 2 is 1.15 bits per heavy atom. The van der Waals surface area contributed by atoms with E-state index < -0.39 is 108 Å². The standard InChI is InChI=1S/C35H56N12O12/c1-17(28(52)45-23(34(58)59)15-19-7-4-3-5-8-19)42-33(57)27(18(2)49)47-32(56)24(16-48)46-30(54)21(9-6-14-41-35(39)40)44-31(55)22(11-13-26(38)51)43-29(53)20(36)10-12-25(37)50/h3-5,7-8,17-18,20-24,27,48-49H,6,9-16,36H2,1-2H3,(H2,37,50)(H2,38,51)(H,42,57)(H,43,53)(H,44,55)(H,45,52)(H,46,54)(H,47,56)(H,58,59)(H4,39,40,41)/t17-,18+,20-,21-,22-,23-,24-,27-/m0/s1. The largest absolute Gasteiger partial charge is 0.480 e. The molecule has 0 saturated carbocycles. The summed E-state index contributed by atoms with van der Waals surface area (Å²) in [5.74, 6) is -9.27. The summed E-state index contributed by atoms with van der Waals surface area (Å²) >= 11 is 0. The smallest absolute Gasteiger partial charge is 0.326 e. The molecule has 0 saturated heterocycles. The number of nitrogens with one attached hydrogen (secondary N) is 6. The minimum atomic E-state index is -1.79. The Morgan fingerprint density at radius 1 is 0.644 bits per heavy atom. The summed E-state index contributed by atoms with van der Waals surface area (Å²) in [4.78, 5) is 117. The van der Waals surface area contributed by atoms with Gasteiger partial charge in [0.1, 0.15) is 36.3 Å². The van der Waals surface area contributed by atoms with Crippen LogP contribution in [0, 0.1) is 0 Å². The fourth-order valence-electron chi connectivity index (χ4n) is 5.15. The highest BCUT2D eigenvalue weighted by Gasteiger charge is 2.34. The van der Waals surface area contributed by atoms with Gasteiger partial charge in [0.05, 0.1) is 18.8 Å². The van der Waals surface area contributed by atoms with Gasteiger partial charge in [-0.2, -0.15) is 0 Å². The number of guanidine groups is 1. The van der Waals surface area contributed by atoms with Crippen LogP contribution in [0.1, 0.15) is 57.9 Å². The van der Waals surface area contributed by atoms with E-state index in [4.69, 9.17) is 28.7 Å². The van der Waals surface area contributed by atoms with Crippen molar-refractivity contribution in [3.05, 3.63) is 35.9 Å². The molecule has 0 unspecified atom stereocenters. The molecule has 328 valence electrons. The number of hydrogen-bond donors (Lipinski definition) is 14. The number of nitrogens with two attached hydrogens (primary N) is 5. The van der Waals surface area contributed by atoms with Crippen LogP contribution in [0.2, 0.25) is 0 Å². The molecule has 0 aliphatic heterocycles. The van der Waals surface area contributed by atoms with Gasteiger partial charge in [-0.25, -0.2) is 4.79 Å². The third-order valence-electron chi connectivity index (χ3n) is 8.46. The molecule has 24 heteroatoms. The summed E-state index contributed by atoms with van der Waals surface area (Å²) < 4.78 is 0. The highest BCUT2D eigenvalue weighted by Crippen LogP contribution is 2.07. The summed E-state index contributed by atoms with van der Waals surface area (Å²) in [5.41, 5.74) is 27.5. The lowest BCUT2D eigenvalue weighted by Gasteiger charge is -2.27. The number of benzene rings is 1. The van der Waals surface area contributed by atoms with Gasteiger partial charge in [-0.05, 0) is 45.1 Å². The molecule has 1 aromatic rings. The Morgan fingerprint density at radius 3 is 1.68 bits per heavy atom. The van der Waals surface area contributed by atoms with E-state index in [-0.39, 0.29) is 57.5 Å². The Labute approximate surface area is 339 Å². The molecule has 1 aromatic carbocycles. The first-order valence-corrected chi connectivity index (χ1v) is 18.4. The highest BCUT2D eigenvalue weighted by atomic mass is 16.4. The number of hydrogen-bond acceptors (Lipinski definition) is 13. The molecule has 0 bridgehead atoms. The quantitative estimate of drug-likeness (QED) is 0.0223. The van der Waals surface area contributed by atoms with E-state index >= 15 is 0 Å². The maximum Gasteiger partial charge on any atom is 0.326 e. The number of aliphatic hydroxyl groups is 2. The first-order valence-electron chi connectivity index (χ1n) is 18.4. The molecule has 0 heterocycles. The molecule has 0 aliphatic carbocycles. The van der Waals surface area contributed by atoms with Gasteiger partial charge in [-0.3, -0.25) is 43.3 Å². The van der Waals surface area contributed by atoms with Crippen molar-refractivity contribution in [1.29, 1.82) is 0 Å². The third-order valence-corrected chi connectivity index (χ3v) is 8.46. The van der Waals surface area contributed by atoms with Crippen LogP contribution in [0.15, 0.2) is 35.3 Å². The molecule has 0 radical (unpaired) electrons. The van der Waals surface area contributed by atoms with Crippen LogP contribution in [-0.4, -0.2) is 136 Å². The van der Waals surface area contributed by atoms with Crippen LogP contribution < -0.4 is 60.6 Å². The summed E-state index contributed by atoms with van der Waals surface area (Å²) in [5, 5.41) is 43.8. The van der Waals surface area contributed by atoms with Crippen LogP contribution >= 0.6 is 0 Å². The number of carboxylic acids is 1. The summed E-state index contributed by atoms with van der Waals surface area (Å²) in [6.45, 7) is 1.28. The average molecular weight is 837 g/mol.